The first-order chi connectivity index (χ1) is 8.55. The zero-order valence-electron chi connectivity index (χ0n) is 10.7. The summed E-state index contributed by atoms with van der Waals surface area (Å²) in [4.78, 5) is 0.395. The Morgan fingerprint density at radius 2 is 2.11 bits per heavy atom. The van der Waals surface area contributed by atoms with Crippen LogP contribution in [0.5, 0.6) is 0 Å². The number of nitrogens with zero attached hydrogens (tertiary/aromatic N) is 1. The van der Waals surface area contributed by atoms with Crippen LogP contribution in [0.3, 0.4) is 0 Å². The summed E-state index contributed by atoms with van der Waals surface area (Å²) < 4.78 is 26.7. The molecule has 0 atom stereocenters. The smallest absolute Gasteiger partial charge is 0.243 e. The Balaban J connectivity index is 2.27. The molecule has 0 aliphatic heterocycles. The van der Waals surface area contributed by atoms with Crippen molar-refractivity contribution in [2.24, 2.45) is 5.73 Å². The Hall–Kier alpha value is -0.910. The van der Waals surface area contributed by atoms with E-state index in [2.05, 4.69) is 0 Å². The van der Waals surface area contributed by atoms with Gasteiger partial charge in [-0.3, -0.25) is 0 Å². The molecule has 2 rings (SSSR count). The monoisotopic (exact) mass is 268 g/mol. The molecule has 0 amide bonds. The van der Waals surface area contributed by atoms with E-state index in [4.69, 9.17) is 5.73 Å². The van der Waals surface area contributed by atoms with Crippen LogP contribution in [0.2, 0.25) is 0 Å². The van der Waals surface area contributed by atoms with Gasteiger partial charge in [-0.25, -0.2) is 8.42 Å². The lowest BCUT2D eigenvalue weighted by Crippen LogP contribution is -2.34. The third kappa shape index (κ3) is 2.91. The van der Waals surface area contributed by atoms with Crippen LogP contribution in [0.1, 0.15) is 24.8 Å². The molecule has 1 aromatic rings. The highest BCUT2D eigenvalue weighted by atomic mass is 32.2. The van der Waals surface area contributed by atoms with Crippen molar-refractivity contribution in [3.63, 3.8) is 0 Å². The lowest BCUT2D eigenvalue weighted by molar-refractivity contribution is 0.399. The van der Waals surface area contributed by atoms with Crippen LogP contribution >= 0.6 is 0 Å². The average Bonchev–Trinajstić information content (AvgIpc) is 3.14. The number of hydrogen-bond acceptors (Lipinski definition) is 3. The fraction of sp³-hybridized carbons (Fsp3) is 0.538. The van der Waals surface area contributed by atoms with Gasteiger partial charge < -0.3 is 5.73 Å². The molecule has 4 nitrogen and oxygen atoms in total. The third-order valence-corrected chi connectivity index (χ3v) is 5.08. The van der Waals surface area contributed by atoms with Gasteiger partial charge in [-0.15, -0.1) is 0 Å². The minimum Gasteiger partial charge on any atom is -0.330 e. The van der Waals surface area contributed by atoms with Gasteiger partial charge >= 0.3 is 0 Å². The van der Waals surface area contributed by atoms with Crippen LogP contribution < -0.4 is 5.73 Å². The molecule has 0 spiro atoms. The Labute approximate surface area is 109 Å². The van der Waals surface area contributed by atoms with Crippen molar-refractivity contribution >= 4 is 10.0 Å². The van der Waals surface area contributed by atoms with Crippen molar-refractivity contribution in [3.8, 4) is 0 Å². The third-order valence-electron chi connectivity index (χ3n) is 3.13. The van der Waals surface area contributed by atoms with Gasteiger partial charge in [0.25, 0.3) is 0 Å². The maximum absolute atomic E-state index is 12.6. The van der Waals surface area contributed by atoms with E-state index in [1.807, 2.05) is 13.0 Å². The maximum atomic E-state index is 12.6. The molecule has 5 heteroatoms. The van der Waals surface area contributed by atoms with Crippen LogP contribution in [-0.2, 0) is 10.0 Å². The lowest BCUT2D eigenvalue weighted by Gasteiger charge is -2.21. The van der Waals surface area contributed by atoms with E-state index in [0.717, 1.165) is 18.4 Å². The predicted octanol–water partition coefficient (Wildman–Crippen LogP) is 1.50. The SMILES string of the molecule is Cc1cccc(S(=O)(=O)N(CCCN)C2CC2)c1. The van der Waals surface area contributed by atoms with Crippen molar-refractivity contribution in [2.75, 3.05) is 13.1 Å². The van der Waals surface area contributed by atoms with Gasteiger partial charge in [0.15, 0.2) is 0 Å². The highest BCUT2D eigenvalue weighted by molar-refractivity contribution is 7.89. The molecule has 0 bridgehead atoms. The summed E-state index contributed by atoms with van der Waals surface area (Å²) in [5.41, 5.74) is 6.45. The lowest BCUT2D eigenvalue weighted by atomic mass is 10.2. The van der Waals surface area contributed by atoms with E-state index < -0.39 is 10.0 Å². The van der Waals surface area contributed by atoms with Gasteiger partial charge in [0, 0.05) is 12.6 Å². The Bertz CT molecular complexity index is 509. The molecule has 0 saturated heterocycles. The van der Waals surface area contributed by atoms with Crippen LogP contribution in [0.4, 0.5) is 0 Å². The van der Waals surface area contributed by atoms with E-state index in [0.29, 0.717) is 24.4 Å². The summed E-state index contributed by atoms with van der Waals surface area (Å²) in [5, 5.41) is 0. The van der Waals surface area contributed by atoms with Crippen molar-refractivity contribution < 1.29 is 8.42 Å². The Morgan fingerprint density at radius 1 is 1.39 bits per heavy atom. The predicted molar refractivity (Wildman–Crippen MR) is 71.8 cm³/mol. The Morgan fingerprint density at radius 3 is 2.67 bits per heavy atom. The van der Waals surface area contributed by atoms with Crippen LogP contribution in [0.15, 0.2) is 29.2 Å². The molecule has 0 unspecified atom stereocenters. The highest BCUT2D eigenvalue weighted by Crippen LogP contribution is 2.32. The van der Waals surface area contributed by atoms with E-state index in [-0.39, 0.29) is 6.04 Å². The van der Waals surface area contributed by atoms with Crippen molar-refractivity contribution in [3.05, 3.63) is 29.8 Å². The fourth-order valence-electron chi connectivity index (χ4n) is 2.02. The van der Waals surface area contributed by atoms with Crippen LogP contribution in [0.25, 0.3) is 0 Å². The first-order valence-corrected chi connectivity index (χ1v) is 7.78. The molecule has 0 radical (unpaired) electrons. The quantitative estimate of drug-likeness (QED) is 0.850. The number of nitrogens with two attached hydrogens (primary N) is 1. The summed E-state index contributed by atoms with van der Waals surface area (Å²) >= 11 is 0. The largest absolute Gasteiger partial charge is 0.330 e. The first-order valence-electron chi connectivity index (χ1n) is 6.34. The van der Waals surface area contributed by atoms with E-state index in [9.17, 15) is 8.42 Å². The molecule has 1 aromatic carbocycles. The van der Waals surface area contributed by atoms with Crippen LogP contribution in [-0.4, -0.2) is 31.9 Å². The zero-order chi connectivity index (χ0) is 13.2. The van der Waals surface area contributed by atoms with Gasteiger partial charge in [0.1, 0.15) is 0 Å². The maximum Gasteiger partial charge on any atom is 0.243 e. The highest BCUT2D eigenvalue weighted by Gasteiger charge is 2.37. The number of aryl methyl sites for hydroxylation is 1. The minimum absolute atomic E-state index is 0.182. The molecule has 1 fully saturated rings. The second kappa shape index (κ2) is 5.38. The summed E-state index contributed by atoms with van der Waals surface area (Å²) in [6.07, 6.45) is 2.65. The van der Waals surface area contributed by atoms with E-state index in [1.165, 1.54) is 0 Å². The number of sulfonamides is 1. The molecule has 1 saturated carbocycles. The van der Waals surface area contributed by atoms with Gasteiger partial charge in [-0.1, -0.05) is 12.1 Å². The van der Waals surface area contributed by atoms with E-state index >= 15 is 0 Å². The molecular weight excluding hydrogens is 248 g/mol. The molecular formula is C13H20N2O2S. The standard InChI is InChI=1S/C13H20N2O2S/c1-11-4-2-5-13(10-11)18(16,17)15(9-3-8-14)12-6-7-12/h2,4-5,10,12H,3,6-9,14H2,1H3. The van der Waals surface area contributed by atoms with Crippen molar-refractivity contribution in [1.29, 1.82) is 0 Å². The van der Waals surface area contributed by atoms with Crippen LogP contribution in [0, 0.1) is 6.92 Å². The molecule has 1 aliphatic rings. The molecule has 1 aliphatic carbocycles. The molecule has 0 aromatic heterocycles. The Kier molecular flexibility index (Phi) is 4.04. The summed E-state index contributed by atoms with van der Waals surface area (Å²) in [6.45, 7) is 2.95. The molecule has 2 N–H and O–H groups in total. The number of hydrogen-bond donors (Lipinski definition) is 1. The molecule has 18 heavy (non-hydrogen) atoms. The minimum atomic E-state index is -3.35. The normalized spacial score (nSPS) is 16.2. The molecule has 0 heterocycles. The van der Waals surface area contributed by atoms with Crippen molar-refractivity contribution in [2.45, 2.75) is 37.1 Å². The zero-order valence-corrected chi connectivity index (χ0v) is 11.5. The summed E-state index contributed by atoms with van der Waals surface area (Å²) in [5.74, 6) is 0. The first kappa shape index (κ1) is 13.5. The molecule has 100 valence electrons. The second-order valence-electron chi connectivity index (χ2n) is 4.81. The van der Waals surface area contributed by atoms with E-state index in [1.54, 1.807) is 22.5 Å². The van der Waals surface area contributed by atoms with Gasteiger partial charge in [0.05, 0.1) is 4.90 Å². The summed E-state index contributed by atoms with van der Waals surface area (Å²) in [7, 11) is -3.35. The van der Waals surface area contributed by atoms with Gasteiger partial charge in [-0.2, -0.15) is 4.31 Å². The fourth-order valence-corrected chi connectivity index (χ4v) is 3.85. The average molecular weight is 268 g/mol. The number of rotatable bonds is 6. The van der Waals surface area contributed by atoms with Gasteiger partial charge in [0.2, 0.25) is 10.0 Å². The summed E-state index contributed by atoms with van der Waals surface area (Å²) in [6, 6.07) is 7.27. The van der Waals surface area contributed by atoms with Gasteiger partial charge in [-0.05, 0) is 50.4 Å². The topological polar surface area (TPSA) is 63.4 Å². The van der Waals surface area contributed by atoms with Crippen molar-refractivity contribution in [1.82, 2.24) is 4.31 Å². The second-order valence-corrected chi connectivity index (χ2v) is 6.70. The number of benzene rings is 1.